The van der Waals surface area contributed by atoms with Crippen LogP contribution in [0.5, 0.6) is 0 Å². The van der Waals surface area contributed by atoms with Crippen molar-refractivity contribution in [3.8, 4) is 0 Å². The monoisotopic (exact) mass is 287 g/mol. The van der Waals surface area contributed by atoms with Gasteiger partial charge in [-0.3, -0.25) is 4.79 Å². The maximum atomic E-state index is 13.5. The number of nitrogens with zero attached hydrogens (tertiary/aromatic N) is 1. The number of rotatable bonds is 2. The third-order valence-electron chi connectivity index (χ3n) is 3.51. The van der Waals surface area contributed by atoms with E-state index in [1.54, 1.807) is 4.90 Å². The summed E-state index contributed by atoms with van der Waals surface area (Å²) in [7, 11) is 0. The van der Waals surface area contributed by atoms with E-state index in [-0.39, 0.29) is 29.2 Å². The molecular formula is C14H16ClF2NO. The molecule has 2 unspecified atom stereocenters. The maximum Gasteiger partial charge on any atom is 0.227 e. The van der Waals surface area contributed by atoms with Gasteiger partial charge in [0.25, 0.3) is 0 Å². The van der Waals surface area contributed by atoms with E-state index >= 15 is 0 Å². The summed E-state index contributed by atoms with van der Waals surface area (Å²) in [6.45, 7) is 3.19. The Balaban J connectivity index is 2.01. The lowest BCUT2D eigenvalue weighted by molar-refractivity contribution is -0.132. The van der Waals surface area contributed by atoms with Crippen LogP contribution in [0.1, 0.15) is 18.9 Å². The van der Waals surface area contributed by atoms with Crippen LogP contribution in [0.4, 0.5) is 8.78 Å². The Kier molecular flexibility index (Phi) is 4.40. The van der Waals surface area contributed by atoms with Crippen LogP contribution in [0.15, 0.2) is 18.2 Å². The highest BCUT2D eigenvalue weighted by molar-refractivity contribution is 6.20. The Morgan fingerprint density at radius 2 is 2.21 bits per heavy atom. The molecule has 0 radical (unpaired) electrons. The summed E-state index contributed by atoms with van der Waals surface area (Å²) in [5.74, 6) is -1.21. The molecule has 1 aromatic carbocycles. The van der Waals surface area contributed by atoms with Crippen LogP contribution in [-0.4, -0.2) is 29.3 Å². The predicted octanol–water partition coefficient (Wildman–Crippen LogP) is 2.98. The van der Waals surface area contributed by atoms with Gasteiger partial charge in [-0.15, -0.1) is 11.6 Å². The highest BCUT2D eigenvalue weighted by Crippen LogP contribution is 2.22. The number of carbonyl (C=O) groups excluding carboxylic acids is 1. The number of carbonyl (C=O) groups is 1. The minimum atomic E-state index is -0.673. The van der Waals surface area contributed by atoms with Gasteiger partial charge in [0.1, 0.15) is 11.6 Å². The zero-order valence-electron chi connectivity index (χ0n) is 10.7. The van der Waals surface area contributed by atoms with Gasteiger partial charge in [0, 0.05) is 24.5 Å². The minimum Gasteiger partial charge on any atom is -0.342 e. The third-order valence-corrected chi connectivity index (χ3v) is 4.16. The van der Waals surface area contributed by atoms with Crippen molar-refractivity contribution >= 4 is 17.5 Å². The zero-order chi connectivity index (χ0) is 14.0. The van der Waals surface area contributed by atoms with Gasteiger partial charge in [0.15, 0.2) is 0 Å². The van der Waals surface area contributed by atoms with Crippen molar-refractivity contribution < 1.29 is 13.6 Å². The third kappa shape index (κ3) is 3.44. The van der Waals surface area contributed by atoms with Gasteiger partial charge >= 0.3 is 0 Å². The van der Waals surface area contributed by atoms with Gasteiger partial charge in [0.05, 0.1) is 6.42 Å². The second-order valence-electron chi connectivity index (χ2n) is 5.03. The molecule has 0 bridgehead atoms. The van der Waals surface area contributed by atoms with Crippen molar-refractivity contribution in [3.63, 3.8) is 0 Å². The van der Waals surface area contributed by atoms with Crippen LogP contribution < -0.4 is 0 Å². The van der Waals surface area contributed by atoms with Crippen molar-refractivity contribution in [1.82, 2.24) is 4.90 Å². The van der Waals surface area contributed by atoms with E-state index in [9.17, 15) is 13.6 Å². The van der Waals surface area contributed by atoms with Gasteiger partial charge in [-0.05, 0) is 24.0 Å². The molecule has 1 fully saturated rings. The van der Waals surface area contributed by atoms with Crippen molar-refractivity contribution in [2.24, 2.45) is 5.92 Å². The molecular weight excluding hydrogens is 272 g/mol. The molecule has 1 aliphatic rings. The molecule has 1 heterocycles. The fraction of sp³-hybridized carbons (Fsp3) is 0.500. The molecule has 0 N–H and O–H groups in total. The SMILES string of the molecule is CC1CN(C(=O)Cc2ccc(F)cc2F)CCC1Cl. The van der Waals surface area contributed by atoms with Crippen LogP contribution >= 0.6 is 11.6 Å². The van der Waals surface area contributed by atoms with Crippen LogP contribution in [0.3, 0.4) is 0 Å². The van der Waals surface area contributed by atoms with Crippen molar-refractivity contribution in [2.45, 2.75) is 25.1 Å². The van der Waals surface area contributed by atoms with Crippen LogP contribution in [-0.2, 0) is 11.2 Å². The molecule has 104 valence electrons. The number of piperidine rings is 1. The molecule has 1 aromatic rings. The summed E-state index contributed by atoms with van der Waals surface area (Å²) >= 11 is 6.10. The first-order chi connectivity index (χ1) is 8.97. The highest BCUT2D eigenvalue weighted by atomic mass is 35.5. The number of benzene rings is 1. The second-order valence-corrected chi connectivity index (χ2v) is 5.59. The van der Waals surface area contributed by atoms with Gasteiger partial charge < -0.3 is 4.90 Å². The van der Waals surface area contributed by atoms with E-state index in [1.807, 2.05) is 6.92 Å². The molecule has 0 aliphatic carbocycles. The van der Waals surface area contributed by atoms with E-state index < -0.39 is 11.6 Å². The molecule has 19 heavy (non-hydrogen) atoms. The highest BCUT2D eigenvalue weighted by Gasteiger charge is 2.27. The molecule has 0 aromatic heterocycles. The summed E-state index contributed by atoms with van der Waals surface area (Å²) in [6, 6.07) is 3.29. The Labute approximate surface area is 116 Å². The lowest BCUT2D eigenvalue weighted by atomic mass is 9.99. The average molecular weight is 288 g/mol. The Bertz CT molecular complexity index is 481. The van der Waals surface area contributed by atoms with E-state index in [2.05, 4.69) is 0 Å². The van der Waals surface area contributed by atoms with Crippen molar-refractivity contribution in [1.29, 1.82) is 0 Å². The predicted molar refractivity (Wildman–Crippen MR) is 70.1 cm³/mol. The average Bonchev–Trinajstić information content (AvgIpc) is 2.36. The molecule has 5 heteroatoms. The normalized spacial score (nSPS) is 23.5. The minimum absolute atomic E-state index is 0.0359. The molecule has 2 atom stereocenters. The van der Waals surface area contributed by atoms with Crippen LogP contribution in [0.2, 0.25) is 0 Å². The van der Waals surface area contributed by atoms with Crippen LogP contribution in [0, 0.1) is 17.6 Å². The lowest BCUT2D eigenvalue weighted by Crippen LogP contribution is -2.44. The maximum absolute atomic E-state index is 13.5. The first kappa shape index (κ1) is 14.3. The number of likely N-dealkylation sites (tertiary alicyclic amines) is 1. The summed E-state index contributed by atoms with van der Waals surface area (Å²) in [4.78, 5) is 13.8. The molecule has 1 aliphatic heterocycles. The zero-order valence-corrected chi connectivity index (χ0v) is 11.5. The van der Waals surface area contributed by atoms with Gasteiger partial charge in [-0.1, -0.05) is 13.0 Å². The molecule has 1 saturated heterocycles. The van der Waals surface area contributed by atoms with Crippen molar-refractivity contribution in [3.05, 3.63) is 35.4 Å². The first-order valence-corrected chi connectivity index (χ1v) is 6.77. The quantitative estimate of drug-likeness (QED) is 0.766. The van der Waals surface area contributed by atoms with E-state index in [0.717, 1.165) is 12.5 Å². The largest absolute Gasteiger partial charge is 0.342 e. The van der Waals surface area contributed by atoms with E-state index in [0.29, 0.717) is 13.1 Å². The fourth-order valence-corrected chi connectivity index (χ4v) is 2.46. The number of hydrogen-bond acceptors (Lipinski definition) is 1. The van der Waals surface area contributed by atoms with Crippen molar-refractivity contribution in [2.75, 3.05) is 13.1 Å². The summed E-state index contributed by atoms with van der Waals surface area (Å²) < 4.78 is 26.3. The first-order valence-electron chi connectivity index (χ1n) is 6.33. The molecule has 2 nitrogen and oxygen atoms in total. The summed E-state index contributed by atoms with van der Waals surface area (Å²) in [5, 5.41) is 0.0895. The second kappa shape index (κ2) is 5.87. The summed E-state index contributed by atoms with van der Waals surface area (Å²) in [6.07, 6.45) is 0.714. The van der Waals surface area contributed by atoms with Crippen LogP contribution in [0.25, 0.3) is 0 Å². The standard InChI is InChI=1S/C14H16ClF2NO/c1-9-8-18(5-4-12(9)15)14(19)6-10-2-3-11(16)7-13(10)17/h2-3,7,9,12H,4-6,8H2,1H3. The van der Waals surface area contributed by atoms with Gasteiger partial charge in [-0.2, -0.15) is 0 Å². The van der Waals surface area contributed by atoms with Gasteiger partial charge in [-0.25, -0.2) is 8.78 Å². The Morgan fingerprint density at radius 1 is 1.47 bits per heavy atom. The smallest absolute Gasteiger partial charge is 0.227 e. The number of hydrogen-bond donors (Lipinski definition) is 0. The number of halogens is 3. The Morgan fingerprint density at radius 3 is 2.84 bits per heavy atom. The molecule has 0 spiro atoms. The molecule has 0 saturated carbocycles. The molecule has 2 rings (SSSR count). The number of alkyl halides is 1. The lowest BCUT2D eigenvalue weighted by Gasteiger charge is -2.34. The topological polar surface area (TPSA) is 20.3 Å². The summed E-state index contributed by atoms with van der Waals surface area (Å²) in [5.41, 5.74) is 0.229. The number of amides is 1. The fourth-order valence-electron chi connectivity index (χ4n) is 2.28. The Hall–Kier alpha value is -1.16. The van der Waals surface area contributed by atoms with Gasteiger partial charge in [0.2, 0.25) is 5.91 Å². The molecule has 1 amide bonds. The van der Waals surface area contributed by atoms with E-state index in [1.165, 1.54) is 12.1 Å². The van der Waals surface area contributed by atoms with E-state index in [4.69, 9.17) is 11.6 Å².